The van der Waals surface area contributed by atoms with Crippen molar-refractivity contribution in [1.82, 2.24) is 9.55 Å². The largest absolute Gasteiger partial charge is 0.328 e. The summed E-state index contributed by atoms with van der Waals surface area (Å²) >= 11 is 0. The Labute approximate surface area is 122 Å². The number of benzene rings is 2. The summed E-state index contributed by atoms with van der Waals surface area (Å²) in [6.07, 6.45) is 1.06. The number of aldehydes is 1. The first-order chi connectivity index (χ1) is 10.2. The lowest BCUT2D eigenvalue weighted by Crippen LogP contribution is -2.04. The Bertz CT molecular complexity index is 808. The SMILES string of the molecule is CCn1c(Cc2ccc(C=O)cc2F)nc2ccccc21. The fourth-order valence-corrected chi connectivity index (χ4v) is 2.56. The van der Waals surface area contributed by atoms with Crippen LogP contribution >= 0.6 is 0 Å². The van der Waals surface area contributed by atoms with Crippen LogP contribution in [0.1, 0.15) is 28.7 Å². The summed E-state index contributed by atoms with van der Waals surface area (Å²) in [6, 6.07) is 12.4. The number of aryl methyl sites for hydroxylation is 1. The second-order valence-corrected chi connectivity index (χ2v) is 4.91. The zero-order valence-electron chi connectivity index (χ0n) is 11.7. The van der Waals surface area contributed by atoms with Crippen LogP contribution in [0.4, 0.5) is 4.39 Å². The zero-order chi connectivity index (χ0) is 14.8. The van der Waals surface area contributed by atoms with E-state index in [1.54, 1.807) is 12.1 Å². The van der Waals surface area contributed by atoms with Crippen LogP contribution in [-0.4, -0.2) is 15.8 Å². The standard InChI is InChI=1S/C17H15FN2O/c1-2-20-16-6-4-3-5-15(16)19-17(20)10-13-8-7-12(11-21)9-14(13)18/h3-9,11H,2,10H2,1H3. The lowest BCUT2D eigenvalue weighted by atomic mass is 10.1. The molecule has 106 valence electrons. The Morgan fingerprint density at radius 3 is 2.76 bits per heavy atom. The number of carbonyl (C=O) groups is 1. The van der Waals surface area contributed by atoms with E-state index in [1.165, 1.54) is 6.07 Å². The highest BCUT2D eigenvalue weighted by Gasteiger charge is 2.12. The third-order valence-electron chi connectivity index (χ3n) is 3.61. The predicted octanol–water partition coefficient (Wildman–Crippen LogP) is 3.60. The Balaban J connectivity index is 2.03. The molecule has 1 aromatic heterocycles. The zero-order valence-corrected chi connectivity index (χ0v) is 11.7. The van der Waals surface area contributed by atoms with Gasteiger partial charge in [0, 0.05) is 18.5 Å². The minimum absolute atomic E-state index is 0.347. The first-order valence-electron chi connectivity index (χ1n) is 6.90. The van der Waals surface area contributed by atoms with Gasteiger partial charge in [0.05, 0.1) is 11.0 Å². The summed E-state index contributed by atoms with van der Waals surface area (Å²) in [7, 11) is 0. The first kappa shape index (κ1) is 13.5. The number of carbonyl (C=O) groups excluding carboxylic acids is 1. The van der Waals surface area contributed by atoms with Gasteiger partial charge >= 0.3 is 0 Å². The third-order valence-corrected chi connectivity index (χ3v) is 3.61. The third kappa shape index (κ3) is 2.44. The molecule has 0 unspecified atom stereocenters. The minimum atomic E-state index is -0.366. The number of imidazole rings is 1. The van der Waals surface area contributed by atoms with Gasteiger partial charge in [-0.25, -0.2) is 9.37 Å². The van der Waals surface area contributed by atoms with Crippen molar-refractivity contribution in [2.24, 2.45) is 0 Å². The van der Waals surface area contributed by atoms with Crippen molar-refractivity contribution < 1.29 is 9.18 Å². The molecule has 0 bridgehead atoms. The fraction of sp³-hybridized carbons (Fsp3) is 0.176. The van der Waals surface area contributed by atoms with E-state index in [4.69, 9.17) is 0 Å². The molecule has 4 heteroatoms. The fourth-order valence-electron chi connectivity index (χ4n) is 2.56. The van der Waals surface area contributed by atoms with E-state index >= 15 is 0 Å². The molecule has 0 aliphatic carbocycles. The molecule has 0 aliphatic heterocycles. The Morgan fingerprint density at radius 2 is 2.05 bits per heavy atom. The van der Waals surface area contributed by atoms with Crippen LogP contribution in [0.2, 0.25) is 0 Å². The smallest absolute Gasteiger partial charge is 0.150 e. The molecule has 0 spiro atoms. The van der Waals surface area contributed by atoms with Crippen molar-refractivity contribution >= 4 is 17.3 Å². The quantitative estimate of drug-likeness (QED) is 0.685. The van der Waals surface area contributed by atoms with Crippen molar-refractivity contribution in [3.8, 4) is 0 Å². The topological polar surface area (TPSA) is 34.9 Å². The predicted molar refractivity (Wildman–Crippen MR) is 80.0 cm³/mol. The maximum atomic E-state index is 14.0. The highest BCUT2D eigenvalue weighted by Crippen LogP contribution is 2.20. The molecular weight excluding hydrogens is 267 g/mol. The van der Waals surface area contributed by atoms with E-state index in [0.29, 0.717) is 23.8 Å². The van der Waals surface area contributed by atoms with E-state index in [-0.39, 0.29) is 5.82 Å². The summed E-state index contributed by atoms with van der Waals surface area (Å²) in [6.45, 7) is 2.83. The molecule has 0 atom stereocenters. The molecule has 2 aromatic carbocycles. The van der Waals surface area contributed by atoms with E-state index in [0.717, 1.165) is 23.4 Å². The first-order valence-corrected chi connectivity index (χ1v) is 6.90. The van der Waals surface area contributed by atoms with Gasteiger partial charge in [-0.1, -0.05) is 24.3 Å². The number of para-hydroxylation sites is 2. The average molecular weight is 282 g/mol. The molecular formula is C17H15FN2O. The van der Waals surface area contributed by atoms with Gasteiger partial charge < -0.3 is 4.57 Å². The van der Waals surface area contributed by atoms with Gasteiger partial charge in [-0.15, -0.1) is 0 Å². The number of hydrogen-bond donors (Lipinski definition) is 0. The van der Waals surface area contributed by atoms with Crippen LogP contribution in [0.3, 0.4) is 0 Å². The van der Waals surface area contributed by atoms with E-state index < -0.39 is 0 Å². The maximum absolute atomic E-state index is 14.0. The van der Waals surface area contributed by atoms with Crippen LogP contribution in [0.5, 0.6) is 0 Å². The number of nitrogens with zero attached hydrogens (tertiary/aromatic N) is 2. The van der Waals surface area contributed by atoms with Crippen LogP contribution in [0, 0.1) is 5.82 Å². The molecule has 0 amide bonds. The summed E-state index contributed by atoms with van der Waals surface area (Å²) in [5, 5.41) is 0. The van der Waals surface area contributed by atoms with Crippen LogP contribution < -0.4 is 0 Å². The van der Waals surface area contributed by atoms with Crippen LogP contribution in [0.25, 0.3) is 11.0 Å². The van der Waals surface area contributed by atoms with Crippen molar-refractivity contribution in [2.45, 2.75) is 19.9 Å². The molecule has 3 rings (SSSR count). The minimum Gasteiger partial charge on any atom is -0.328 e. The summed E-state index contributed by atoms with van der Waals surface area (Å²) in [5.74, 6) is 0.464. The Morgan fingerprint density at radius 1 is 1.24 bits per heavy atom. The second-order valence-electron chi connectivity index (χ2n) is 4.91. The number of fused-ring (bicyclic) bond motifs is 1. The van der Waals surface area contributed by atoms with Crippen molar-refractivity contribution in [3.63, 3.8) is 0 Å². The van der Waals surface area contributed by atoms with Crippen LogP contribution in [-0.2, 0) is 13.0 Å². The lowest BCUT2D eigenvalue weighted by molar-refractivity contribution is 0.112. The molecule has 0 saturated heterocycles. The molecule has 0 fully saturated rings. The van der Waals surface area contributed by atoms with E-state index in [1.807, 2.05) is 31.2 Å². The summed E-state index contributed by atoms with van der Waals surface area (Å²) < 4.78 is 16.1. The normalized spacial score (nSPS) is 11.0. The lowest BCUT2D eigenvalue weighted by Gasteiger charge is -2.07. The Kier molecular flexibility index (Phi) is 3.52. The van der Waals surface area contributed by atoms with Gasteiger partial charge in [0.2, 0.25) is 0 Å². The van der Waals surface area contributed by atoms with Gasteiger partial charge in [0.1, 0.15) is 17.9 Å². The highest BCUT2D eigenvalue weighted by atomic mass is 19.1. The Hall–Kier alpha value is -2.49. The number of rotatable bonds is 4. The number of hydrogen-bond acceptors (Lipinski definition) is 2. The molecule has 0 N–H and O–H groups in total. The van der Waals surface area contributed by atoms with Gasteiger partial charge in [0.25, 0.3) is 0 Å². The average Bonchev–Trinajstić information content (AvgIpc) is 2.86. The maximum Gasteiger partial charge on any atom is 0.150 e. The molecule has 0 saturated carbocycles. The number of halogens is 1. The van der Waals surface area contributed by atoms with E-state index in [9.17, 15) is 9.18 Å². The van der Waals surface area contributed by atoms with Crippen molar-refractivity contribution in [2.75, 3.05) is 0 Å². The molecule has 21 heavy (non-hydrogen) atoms. The van der Waals surface area contributed by atoms with Gasteiger partial charge in [-0.05, 0) is 30.7 Å². The van der Waals surface area contributed by atoms with Gasteiger partial charge in [0.15, 0.2) is 0 Å². The molecule has 0 radical (unpaired) electrons. The van der Waals surface area contributed by atoms with E-state index in [2.05, 4.69) is 9.55 Å². The van der Waals surface area contributed by atoms with Crippen molar-refractivity contribution in [3.05, 3.63) is 65.2 Å². The molecule has 3 aromatic rings. The second kappa shape index (κ2) is 5.48. The monoisotopic (exact) mass is 282 g/mol. The molecule has 0 aliphatic rings. The number of aromatic nitrogens is 2. The van der Waals surface area contributed by atoms with Crippen molar-refractivity contribution in [1.29, 1.82) is 0 Å². The molecule has 1 heterocycles. The highest BCUT2D eigenvalue weighted by molar-refractivity contribution is 5.76. The molecule has 3 nitrogen and oxygen atoms in total. The van der Waals surface area contributed by atoms with Gasteiger partial charge in [-0.3, -0.25) is 4.79 Å². The summed E-state index contributed by atoms with van der Waals surface area (Å²) in [4.78, 5) is 15.3. The summed E-state index contributed by atoms with van der Waals surface area (Å²) in [5.41, 5.74) is 2.87. The van der Waals surface area contributed by atoms with Gasteiger partial charge in [-0.2, -0.15) is 0 Å². The van der Waals surface area contributed by atoms with Crippen LogP contribution in [0.15, 0.2) is 42.5 Å².